The Morgan fingerprint density at radius 3 is 2.60 bits per heavy atom. The van der Waals surface area contributed by atoms with E-state index >= 15 is 0 Å². The molecule has 4 heteroatoms. The van der Waals surface area contributed by atoms with Crippen LogP contribution in [-0.2, 0) is 0 Å². The number of rotatable bonds is 1. The van der Waals surface area contributed by atoms with Crippen molar-refractivity contribution < 1.29 is 0 Å². The summed E-state index contributed by atoms with van der Waals surface area (Å²) < 4.78 is 0. The quantitative estimate of drug-likeness (QED) is 0.514. The minimum Gasteiger partial charge on any atom is -0.289 e. The van der Waals surface area contributed by atoms with Crippen LogP contribution in [0.2, 0.25) is 0 Å². The van der Waals surface area contributed by atoms with Crippen molar-refractivity contribution in [1.29, 1.82) is 0 Å². The lowest BCUT2D eigenvalue weighted by Gasteiger charge is -2.29. The average Bonchev–Trinajstić information content (AvgIpc) is 1.85. The van der Waals surface area contributed by atoms with Gasteiger partial charge in [0.2, 0.25) is 0 Å². The van der Waals surface area contributed by atoms with Gasteiger partial charge in [-0.3, -0.25) is 5.32 Å². The first kappa shape index (κ1) is 8.98. The first-order valence-corrected chi connectivity index (χ1v) is 5.45. The van der Waals surface area contributed by atoms with Gasteiger partial charge in [0.25, 0.3) is 0 Å². The smallest absolute Gasteiger partial charge is 0.0848 e. The molecule has 0 amide bonds. The molecule has 1 saturated heterocycles. The molecule has 0 spiro atoms. The van der Waals surface area contributed by atoms with Crippen LogP contribution in [0.5, 0.6) is 0 Å². The van der Waals surface area contributed by atoms with E-state index in [1.165, 1.54) is 0 Å². The summed E-state index contributed by atoms with van der Waals surface area (Å²) >= 11 is 13.6. The van der Waals surface area contributed by atoms with Gasteiger partial charge >= 0.3 is 0 Å². The van der Waals surface area contributed by atoms with Gasteiger partial charge in [0.15, 0.2) is 0 Å². The summed E-state index contributed by atoms with van der Waals surface area (Å²) in [6, 6.07) is 0. The third kappa shape index (κ3) is 2.50. The van der Waals surface area contributed by atoms with Crippen LogP contribution >= 0.6 is 35.0 Å². The fourth-order valence-corrected chi connectivity index (χ4v) is 2.78. The van der Waals surface area contributed by atoms with E-state index in [0.717, 1.165) is 12.8 Å². The highest BCUT2D eigenvalue weighted by molar-refractivity contribution is 7.99. The molecule has 1 nitrogen and oxygen atoms in total. The van der Waals surface area contributed by atoms with Gasteiger partial charge in [-0.2, -0.15) is 0 Å². The van der Waals surface area contributed by atoms with Crippen molar-refractivity contribution in [3.63, 3.8) is 0 Å². The molecule has 1 fully saturated rings. The van der Waals surface area contributed by atoms with Crippen molar-refractivity contribution >= 4 is 35.0 Å². The molecule has 1 aliphatic rings. The summed E-state index contributed by atoms with van der Waals surface area (Å²) in [5.41, 5.74) is 0.0636. The van der Waals surface area contributed by atoms with Gasteiger partial charge in [0.05, 0.1) is 10.9 Å². The Morgan fingerprint density at radius 2 is 2.10 bits per heavy atom. The van der Waals surface area contributed by atoms with Crippen LogP contribution in [0.1, 0.15) is 12.8 Å². The van der Waals surface area contributed by atoms with E-state index in [2.05, 4.69) is 11.6 Å². The zero-order chi connectivity index (χ0) is 7.56. The molecule has 0 aromatic rings. The van der Waals surface area contributed by atoms with Gasteiger partial charge in [0.1, 0.15) is 0 Å². The lowest BCUT2D eigenvalue weighted by molar-refractivity contribution is 0.466. The lowest BCUT2D eigenvalue weighted by Crippen LogP contribution is -2.41. The number of nitrogens with one attached hydrogen (secondary N) is 1. The molecule has 3 atom stereocenters. The Morgan fingerprint density at radius 1 is 1.40 bits per heavy atom. The second kappa shape index (κ2) is 4.05. The van der Waals surface area contributed by atoms with Crippen LogP contribution in [0.3, 0.4) is 0 Å². The van der Waals surface area contributed by atoms with Crippen molar-refractivity contribution in [1.82, 2.24) is 5.32 Å². The van der Waals surface area contributed by atoms with Crippen LogP contribution in [0.15, 0.2) is 0 Å². The molecule has 0 saturated carbocycles. The zero-order valence-electron chi connectivity index (χ0n) is 5.81. The van der Waals surface area contributed by atoms with E-state index < -0.39 is 0 Å². The van der Waals surface area contributed by atoms with Crippen molar-refractivity contribution in [3.8, 4) is 0 Å². The normalized spacial score (nSPS) is 41.7. The SMILES string of the molecule is CSC1CC(Cl)CC(Cl)N1. The Labute approximate surface area is 75.8 Å². The van der Waals surface area contributed by atoms with E-state index in [1.54, 1.807) is 11.8 Å². The largest absolute Gasteiger partial charge is 0.289 e. The minimum absolute atomic E-state index is 0.0636. The van der Waals surface area contributed by atoms with E-state index in [-0.39, 0.29) is 10.9 Å². The predicted molar refractivity (Wildman–Crippen MR) is 49.0 cm³/mol. The summed E-state index contributed by atoms with van der Waals surface area (Å²) in [5.74, 6) is 0. The molecule has 1 aliphatic heterocycles. The average molecular weight is 200 g/mol. The van der Waals surface area contributed by atoms with Gasteiger partial charge in [-0.25, -0.2) is 0 Å². The number of halogens is 2. The van der Waals surface area contributed by atoms with Crippen molar-refractivity contribution in [2.24, 2.45) is 0 Å². The van der Waals surface area contributed by atoms with Gasteiger partial charge < -0.3 is 0 Å². The Hall–Kier alpha value is 0.890. The topological polar surface area (TPSA) is 12.0 Å². The fraction of sp³-hybridized carbons (Fsp3) is 1.00. The molecule has 60 valence electrons. The molecular formula is C6H11Cl2NS. The second-order valence-electron chi connectivity index (χ2n) is 2.43. The maximum Gasteiger partial charge on any atom is 0.0848 e. The lowest BCUT2D eigenvalue weighted by atomic mass is 10.1. The van der Waals surface area contributed by atoms with Gasteiger partial charge in [-0.1, -0.05) is 0 Å². The van der Waals surface area contributed by atoms with E-state index in [9.17, 15) is 0 Å². The van der Waals surface area contributed by atoms with E-state index in [0.29, 0.717) is 5.37 Å². The summed E-state index contributed by atoms with van der Waals surface area (Å²) in [4.78, 5) is 0. The van der Waals surface area contributed by atoms with Gasteiger partial charge in [0, 0.05) is 5.38 Å². The third-order valence-electron chi connectivity index (χ3n) is 1.58. The molecule has 0 radical (unpaired) electrons. The summed E-state index contributed by atoms with van der Waals surface area (Å²) in [5, 5.41) is 3.93. The van der Waals surface area contributed by atoms with Crippen molar-refractivity contribution in [2.45, 2.75) is 29.1 Å². The number of alkyl halides is 2. The standard InChI is InChI=1S/C6H11Cl2NS/c1-10-6-3-4(7)2-5(8)9-6/h4-6,9H,2-3H2,1H3. The number of thioether (sulfide) groups is 1. The van der Waals surface area contributed by atoms with Crippen LogP contribution in [0, 0.1) is 0 Å². The zero-order valence-corrected chi connectivity index (χ0v) is 8.14. The summed E-state index contributed by atoms with van der Waals surface area (Å²) in [6.07, 6.45) is 3.96. The second-order valence-corrected chi connectivity index (χ2v) is 4.61. The molecule has 1 rings (SSSR count). The monoisotopic (exact) mass is 199 g/mol. The maximum absolute atomic E-state index is 5.95. The molecule has 0 aromatic carbocycles. The Kier molecular flexibility index (Phi) is 3.64. The highest BCUT2D eigenvalue weighted by Crippen LogP contribution is 2.25. The molecule has 1 N–H and O–H groups in total. The summed E-state index contributed by atoms with van der Waals surface area (Å²) in [7, 11) is 0. The highest BCUT2D eigenvalue weighted by atomic mass is 35.5. The van der Waals surface area contributed by atoms with Gasteiger partial charge in [-0.05, 0) is 19.1 Å². The Bertz CT molecular complexity index is 102. The van der Waals surface area contributed by atoms with Crippen molar-refractivity contribution in [3.05, 3.63) is 0 Å². The van der Waals surface area contributed by atoms with Crippen LogP contribution in [-0.4, -0.2) is 22.5 Å². The molecule has 0 aromatic heterocycles. The number of piperidine rings is 1. The van der Waals surface area contributed by atoms with Crippen LogP contribution in [0.25, 0.3) is 0 Å². The van der Waals surface area contributed by atoms with Crippen LogP contribution in [0.4, 0.5) is 0 Å². The van der Waals surface area contributed by atoms with Crippen molar-refractivity contribution in [2.75, 3.05) is 6.26 Å². The molecule has 0 aliphatic carbocycles. The highest BCUT2D eigenvalue weighted by Gasteiger charge is 2.24. The van der Waals surface area contributed by atoms with E-state index in [4.69, 9.17) is 23.2 Å². The molecule has 3 unspecified atom stereocenters. The Balaban J connectivity index is 2.35. The number of hydrogen-bond acceptors (Lipinski definition) is 2. The molecule has 0 bridgehead atoms. The first-order chi connectivity index (χ1) is 4.72. The molecule has 10 heavy (non-hydrogen) atoms. The van der Waals surface area contributed by atoms with E-state index in [1.807, 2.05) is 0 Å². The first-order valence-electron chi connectivity index (χ1n) is 3.29. The summed E-state index contributed by atoms with van der Waals surface area (Å²) in [6.45, 7) is 0. The third-order valence-corrected chi connectivity index (χ3v) is 3.14. The minimum atomic E-state index is 0.0636. The molecule has 1 heterocycles. The predicted octanol–water partition coefficient (Wildman–Crippen LogP) is 2.23. The van der Waals surface area contributed by atoms with Gasteiger partial charge in [-0.15, -0.1) is 35.0 Å². The fourth-order valence-electron chi connectivity index (χ4n) is 1.06. The number of hydrogen-bond donors (Lipinski definition) is 1. The molecular weight excluding hydrogens is 189 g/mol. The maximum atomic E-state index is 5.95. The van der Waals surface area contributed by atoms with Crippen LogP contribution < -0.4 is 5.32 Å².